The molecule has 2 amide bonds. The lowest BCUT2D eigenvalue weighted by Crippen LogP contribution is -2.49. The number of aryl methyl sites for hydroxylation is 2. The molecule has 6 nitrogen and oxygen atoms in total. The number of thiocarbonyl (C=S) groups is 1. The van der Waals surface area contributed by atoms with Crippen molar-refractivity contribution in [3.8, 4) is 0 Å². The van der Waals surface area contributed by atoms with E-state index in [1.807, 2.05) is 83.1 Å². The number of carbonyl (C=O) groups excluding carboxylic acids is 4. The van der Waals surface area contributed by atoms with Crippen LogP contribution in [0.25, 0.3) is 0 Å². The Kier molecular flexibility index (Phi) is 15.7. The van der Waals surface area contributed by atoms with E-state index in [2.05, 4.69) is 54.0 Å². The highest BCUT2D eigenvalue weighted by molar-refractivity contribution is 7.80. The fourth-order valence-corrected chi connectivity index (χ4v) is 7.38. The topological polar surface area (TPSA) is 92.3 Å². The van der Waals surface area contributed by atoms with Gasteiger partial charge in [0.1, 0.15) is 0 Å². The van der Waals surface area contributed by atoms with E-state index >= 15 is 0 Å². The van der Waals surface area contributed by atoms with E-state index in [0.717, 1.165) is 34.4 Å². The van der Waals surface area contributed by atoms with Crippen LogP contribution in [0.1, 0.15) is 102 Å². The van der Waals surface area contributed by atoms with Crippen LogP contribution in [0.3, 0.4) is 0 Å². The molecule has 7 heteroatoms. The Morgan fingerprint density at radius 3 is 1.77 bits per heavy atom. The normalized spacial score (nSPS) is 15.6. The number of ketones is 2. The maximum atomic E-state index is 14.3. The lowest BCUT2D eigenvalue weighted by molar-refractivity contribution is -0.135. The zero-order valence-corrected chi connectivity index (χ0v) is 33.5. The zero-order valence-electron chi connectivity index (χ0n) is 32.7. The number of carbonyl (C=O) groups is 4. The molecule has 53 heavy (non-hydrogen) atoms. The van der Waals surface area contributed by atoms with Gasteiger partial charge in [0.05, 0.1) is 12.1 Å². The second-order valence-electron chi connectivity index (χ2n) is 16.5. The van der Waals surface area contributed by atoms with Crippen LogP contribution in [0.4, 0.5) is 0 Å². The summed E-state index contributed by atoms with van der Waals surface area (Å²) >= 11 is 5.87. The maximum absolute atomic E-state index is 14.3. The van der Waals surface area contributed by atoms with Crippen molar-refractivity contribution in [2.24, 2.45) is 29.1 Å². The van der Waals surface area contributed by atoms with Gasteiger partial charge in [-0.3, -0.25) is 19.2 Å². The lowest BCUT2D eigenvalue weighted by Gasteiger charge is -2.27. The largest absolute Gasteiger partial charge is 0.346 e. The van der Waals surface area contributed by atoms with Crippen molar-refractivity contribution in [3.63, 3.8) is 0 Å². The molecule has 0 saturated heterocycles. The Balaban J connectivity index is 1.53. The molecule has 0 spiro atoms. The van der Waals surface area contributed by atoms with E-state index in [9.17, 15) is 19.2 Å². The first-order valence-corrected chi connectivity index (χ1v) is 20.0. The SMILES string of the molecule is Cc1ccc(CC(=S)CC(CCc2ccccc2)C(=O)N[C@@H](CC(C)C)C(=O)C[C@@H](Cc2ccccc2)C(=O)N[C@@H](CC(C)C)C(=O)C2(C)CC2)cc1. The Labute approximate surface area is 323 Å². The molecule has 3 aromatic rings. The molecule has 0 aliphatic heterocycles. The number of benzene rings is 3. The standard InChI is InChI=1S/C46H60N2O4S/c1-31(2)25-40(47-44(51)37(22-21-34-13-9-7-10-14-34)29-39(53)28-36-19-17-33(5)18-20-36)42(49)30-38(27-35-15-11-8-12-16-35)45(52)48-41(26-32(3)4)43(50)46(6)23-24-46/h7-20,31-32,37-38,40-41H,21-30H2,1-6H3,(H,47,51)(H,48,52)/t37?,38-,40+,41+/m1/s1. The second kappa shape index (κ2) is 19.9. The van der Waals surface area contributed by atoms with E-state index < -0.39 is 23.9 Å². The number of amides is 2. The van der Waals surface area contributed by atoms with Gasteiger partial charge < -0.3 is 10.6 Å². The molecule has 1 saturated carbocycles. The van der Waals surface area contributed by atoms with Crippen LogP contribution in [0.2, 0.25) is 0 Å². The minimum absolute atomic E-state index is 0.0429. The van der Waals surface area contributed by atoms with Gasteiger partial charge in [0.15, 0.2) is 11.6 Å². The highest BCUT2D eigenvalue weighted by atomic mass is 32.1. The molecule has 3 aromatic carbocycles. The van der Waals surface area contributed by atoms with E-state index in [0.29, 0.717) is 44.9 Å². The highest BCUT2D eigenvalue weighted by Gasteiger charge is 2.48. The van der Waals surface area contributed by atoms with Crippen molar-refractivity contribution >= 4 is 40.5 Å². The molecule has 0 heterocycles. The molecule has 1 fully saturated rings. The van der Waals surface area contributed by atoms with Crippen molar-refractivity contribution in [1.82, 2.24) is 10.6 Å². The molecule has 0 bridgehead atoms. The van der Waals surface area contributed by atoms with Gasteiger partial charge in [-0.1, -0.05) is 137 Å². The van der Waals surface area contributed by atoms with Crippen molar-refractivity contribution in [2.75, 3.05) is 0 Å². The van der Waals surface area contributed by atoms with E-state index in [1.54, 1.807) is 0 Å². The summed E-state index contributed by atoms with van der Waals surface area (Å²) < 4.78 is 0. The smallest absolute Gasteiger partial charge is 0.224 e. The maximum Gasteiger partial charge on any atom is 0.224 e. The number of hydrogen-bond donors (Lipinski definition) is 2. The molecule has 0 radical (unpaired) electrons. The Hall–Kier alpha value is -3.97. The summed E-state index contributed by atoms with van der Waals surface area (Å²) in [6.45, 7) is 12.2. The van der Waals surface area contributed by atoms with Gasteiger partial charge in [-0.05, 0) is 91.7 Å². The van der Waals surface area contributed by atoms with Crippen LogP contribution in [-0.4, -0.2) is 40.3 Å². The number of Topliss-reactive ketones (excluding diaryl/α,β-unsaturated/α-hetero) is 2. The average Bonchev–Trinajstić information content (AvgIpc) is 3.88. The second-order valence-corrected chi connectivity index (χ2v) is 17.1. The van der Waals surface area contributed by atoms with Gasteiger partial charge in [-0.25, -0.2) is 0 Å². The van der Waals surface area contributed by atoms with Crippen LogP contribution in [0, 0.1) is 36.0 Å². The summed E-state index contributed by atoms with van der Waals surface area (Å²) in [7, 11) is 0. The van der Waals surface area contributed by atoms with Crippen LogP contribution in [0.15, 0.2) is 84.9 Å². The first-order valence-electron chi connectivity index (χ1n) is 19.5. The first kappa shape index (κ1) is 41.8. The quantitative estimate of drug-likeness (QED) is 0.101. The molecule has 0 aromatic heterocycles. The van der Waals surface area contributed by atoms with Crippen molar-refractivity contribution < 1.29 is 19.2 Å². The summed E-state index contributed by atoms with van der Waals surface area (Å²) in [5.74, 6) is -1.33. The zero-order chi connectivity index (χ0) is 38.5. The first-order chi connectivity index (χ1) is 25.2. The molecule has 4 atom stereocenters. The van der Waals surface area contributed by atoms with E-state index in [-0.39, 0.29) is 47.1 Å². The molecular formula is C46H60N2O4S. The molecule has 1 aliphatic rings. The fourth-order valence-electron chi connectivity index (χ4n) is 7.01. The minimum Gasteiger partial charge on any atom is -0.346 e. The van der Waals surface area contributed by atoms with E-state index in [4.69, 9.17) is 12.2 Å². The predicted octanol–water partition coefficient (Wildman–Crippen LogP) is 8.80. The van der Waals surface area contributed by atoms with Gasteiger partial charge in [0.25, 0.3) is 0 Å². The van der Waals surface area contributed by atoms with E-state index in [1.165, 1.54) is 5.56 Å². The molecule has 284 valence electrons. The molecular weight excluding hydrogens is 677 g/mol. The lowest BCUT2D eigenvalue weighted by atomic mass is 9.87. The molecule has 1 aliphatic carbocycles. The van der Waals surface area contributed by atoms with Crippen molar-refractivity contribution in [3.05, 3.63) is 107 Å². The van der Waals surface area contributed by atoms with Gasteiger partial charge in [-0.2, -0.15) is 0 Å². The van der Waals surface area contributed by atoms with Crippen LogP contribution < -0.4 is 10.6 Å². The summed E-state index contributed by atoms with van der Waals surface area (Å²) in [4.78, 5) is 56.9. The number of hydrogen-bond acceptors (Lipinski definition) is 5. The molecule has 4 rings (SSSR count). The Bertz CT molecular complexity index is 1660. The Morgan fingerprint density at radius 2 is 1.21 bits per heavy atom. The molecule has 1 unspecified atom stereocenters. The van der Waals surface area contributed by atoms with Gasteiger partial charge in [0, 0.05) is 30.1 Å². The third-order valence-corrected chi connectivity index (χ3v) is 10.8. The monoisotopic (exact) mass is 736 g/mol. The summed E-state index contributed by atoms with van der Waals surface area (Å²) in [6.07, 6.45) is 5.34. The van der Waals surface area contributed by atoms with Gasteiger partial charge >= 0.3 is 0 Å². The van der Waals surface area contributed by atoms with Crippen LogP contribution >= 0.6 is 12.2 Å². The predicted molar refractivity (Wildman–Crippen MR) is 219 cm³/mol. The summed E-state index contributed by atoms with van der Waals surface area (Å²) in [6, 6.07) is 26.7. The third kappa shape index (κ3) is 13.7. The van der Waals surface area contributed by atoms with Crippen LogP contribution in [0.5, 0.6) is 0 Å². The molecule has 2 N–H and O–H groups in total. The highest BCUT2D eigenvalue weighted by Crippen LogP contribution is 2.47. The minimum atomic E-state index is -0.753. The third-order valence-electron chi connectivity index (χ3n) is 10.5. The number of rotatable bonds is 22. The summed E-state index contributed by atoms with van der Waals surface area (Å²) in [5.41, 5.74) is 3.99. The van der Waals surface area contributed by atoms with Crippen molar-refractivity contribution in [1.29, 1.82) is 0 Å². The fraction of sp³-hybridized carbons (Fsp3) is 0.500. The Morgan fingerprint density at radius 1 is 0.679 bits per heavy atom. The average molecular weight is 737 g/mol. The number of nitrogens with one attached hydrogen (secondary N) is 2. The van der Waals surface area contributed by atoms with Gasteiger partial charge in [0.2, 0.25) is 11.8 Å². The van der Waals surface area contributed by atoms with Gasteiger partial charge in [-0.15, -0.1) is 0 Å². The summed E-state index contributed by atoms with van der Waals surface area (Å²) in [5, 5.41) is 6.24. The van der Waals surface area contributed by atoms with Crippen LogP contribution in [-0.2, 0) is 38.4 Å². The van der Waals surface area contributed by atoms with Crippen molar-refractivity contribution in [2.45, 2.75) is 118 Å².